The predicted molar refractivity (Wildman–Crippen MR) is 129 cm³/mol. The number of fused-ring (bicyclic) bond motifs is 1. The van der Waals surface area contributed by atoms with E-state index < -0.39 is 0 Å². The second-order valence-electron chi connectivity index (χ2n) is 9.38. The molecule has 0 aromatic heterocycles. The number of nitrogens with zero attached hydrogens (tertiary/aromatic N) is 1. The summed E-state index contributed by atoms with van der Waals surface area (Å²) in [6.45, 7) is 7.55. The van der Waals surface area contributed by atoms with Gasteiger partial charge in [-0.05, 0) is 85.1 Å². The zero-order chi connectivity index (χ0) is 23.4. The zero-order valence-electron chi connectivity index (χ0n) is 19.9. The van der Waals surface area contributed by atoms with Crippen molar-refractivity contribution in [1.82, 2.24) is 4.90 Å². The molecule has 2 aromatic rings. The molecule has 1 heterocycles. The molecule has 2 aliphatic rings. The number of aryl methyl sites for hydroxylation is 1. The summed E-state index contributed by atoms with van der Waals surface area (Å²) >= 11 is 0. The average Bonchev–Trinajstić information content (AvgIpc) is 2.80. The zero-order valence-corrected chi connectivity index (χ0v) is 19.9. The predicted octanol–water partition coefficient (Wildman–Crippen LogP) is 5.30. The molecule has 4 nitrogen and oxygen atoms in total. The highest BCUT2D eigenvalue weighted by Crippen LogP contribution is 2.34. The van der Waals surface area contributed by atoms with E-state index in [1.54, 1.807) is 0 Å². The molecule has 0 spiro atoms. The highest BCUT2D eigenvalue weighted by atomic mass is 19.1. The van der Waals surface area contributed by atoms with Crippen molar-refractivity contribution in [3.8, 4) is 5.75 Å². The van der Waals surface area contributed by atoms with Crippen molar-refractivity contribution in [1.29, 1.82) is 0 Å². The lowest BCUT2D eigenvalue weighted by Gasteiger charge is -2.39. The van der Waals surface area contributed by atoms with Crippen molar-refractivity contribution in [2.45, 2.75) is 39.5 Å². The number of hydrogen-bond donors (Lipinski definition) is 0. The Balaban J connectivity index is 1.34. The van der Waals surface area contributed by atoms with Gasteiger partial charge in [0.15, 0.2) is 0 Å². The van der Waals surface area contributed by atoms with E-state index in [4.69, 9.17) is 9.47 Å². The van der Waals surface area contributed by atoms with Crippen molar-refractivity contribution in [3.63, 3.8) is 0 Å². The molecule has 1 aliphatic carbocycles. The number of rotatable bonds is 9. The van der Waals surface area contributed by atoms with Crippen LogP contribution in [0.4, 0.5) is 4.39 Å². The quantitative estimate of drug-likeness (QED) is 0.485. The van der Waals surface area contributed by atoms with Gasteiger partial charge in [-0.15, -0.1) is 0 Å². The van der Waals surface area contributed by atoms with Gasteiger partial charge in [0.1, 0.15) is 11.6 Å². The summed E-state index contributed by atoms with van der Waals surface area (Å²) in [5, 5.41) is 0. The largest absolute Gasteiger partial charge is 0.493 e. The molecule has 5 heteroatoms. The summed E-state index contributed by atoms with van der Waals surface area (Å²) in [6, 6.07) is 13.2. The number of allylic oxidation sites excluding steroid dienone is 1. The number of carbonyl (C=O) groups excluding carboxylic acids is 1. The minimum Gasteiger partial charge on any atom is -0.493 e. The van der Waals surface area contributed by atoms with E-state index in [1.807, 2.05) is 12.1 Å². The summed E-state index contributed by atoms with van der Waals surface area (Å²) in [5.41, 5.74) is 6.62. The molecule has 1 aliphatic heterocycles. The Labute approximate surface area is 196 Å². The molecule has 4 rings (SSSR count). The van der Waals surface area contributed by atoms with Gasteiger partial charge in [0.2, 0.25) is 0 Å². The first kappa shape index (κ1) is 23.5. The van der Waals surface area contributed by atoms with Crippen LogP contribution in [0.15, 0.2) is 48.0 Å². The topological polar surface area (TPSA) is 38.8 Å². The standard InChI is InChI=1S/C28H34FNO3/c1-4-20(13-21-5-9-25(29)10-6-21)18-33-26-11-12-27-19(2)23(8-7-22(27)14-26)15-30-16-24(17-30)28(31)32-3/h5-6,9-12,14,20,24H,4,7-8,13,15-18H2,1-3H3. The Kier molecular flexibility index (Phi) is 7.49. The van der Waals surface area contributed by atoms with Gasteiger partial charge in [-0.2, -0.15) is 0 Å². The summed E-state index contributed by atoms with van der Waals surface area (Å²) in [6.07, 6.45) is 3.96. The minimum absolute atomic E-state index is 0.0292. The third-order valence-corrected chi connectivity index (χ3v) is 7.11. The molecule has 33 heavy (non-hydrogen) atoms. The fourth-order valence-corrected chi connectivity index (χ4v) is 4.87. The van der Waals surface area contributed by atoms with E-state index in [1.165, 1.54) is 41.5 Å². The number of ether oxygens (including phenoxy) is 2. The van der Waals surface area contributed by atoms with Crippen molar-refractivity contribution in [2.75, 3.05) is 33.4 Å². The first-order valence-corrected chi connectivity index (χ1v) is 12.0. The van der Waals surface area contributed by atoms with Gasteiger partial charge < -0.3 is 9.47 Å². The maximum Gasteiger partial charge on any atom is 0.311 e. The maximum absolute atomic E-state index is 13.2. The van der Waals surface area contributed by atoms with E-state index in [2.05, 4.69) is 36.9 Å². The minimum atomic E-state index is -0.195. The van der Waals surface area contributed by atoms with Gasteiger partial charge in [-0.1, -0.05) is 30.7 Å². The van der Waals surface area contributed by atoms with Gasteiger partial charge in [-0.25, -0.2) is 4.39 Å². The van der Waals surface area contributed by atoms with E-state index in [9.17, 15) is 9.18 Å². The first-order chi connectivity index (χ1) is 16.0. The number of hydrogen-bond acceptors (Lipinski definition) is 4. The summed E-state index contributed by atoms with van der Waals surface area (Å²) in [4.78, 5) is 14.0. The van der Waals surface area contributed by atoms with Gasteiger partial charge in [-0.3, -0.25) is 9.69 Å². The Morgan fingerprint density at radius 2 is 1.91 bits per heavy atom. The van der Waals surface area contributed by atoms with Crippen LogP contribution in [-0.4, -0.2) is 44.2 Å². The molecule has 0 bridgehead atoms. The molecule has 176 valence electrons. The van der Waals surface area contributed by atoms with Crippen LogP contribution in [0.1, 0.15) is 43.4 Å². The van der Waals surface area contributed by atoms with Crippen molar-refractivity contribution < 1.29 is 18.7 Å². The molecule has 1 fully saturated rings. The highest BCUT2D eigenvalue weighted by Gasteiger charge is 2.34. The van der Waals surface area contributed by atoms with E-state index in [0.29, 0.717) is 12.5 Å². The first-order valence-electron chi connectivity index (χ1n) is 12.0. The Morgan fingerprint density at radius 1 is 1.15 bits per heavy atom. The summed E-state index contributed by atoms with van der Waals surface area (Å²) in [7, 11) is 1.46. The SMILES string of the molecule is CCC(COc1ccc2c(c1)CCC(CN1CC(C(=O)OC)C1)=C2C)Cc1ccc(F)cc1. The second kappa shape index (κ2) is 10.5. The molecule has 0 N–H and O–H groups in total. The number of methoxy groups -OCH3 is 1. The molecule has 0 radical (unpaired) electrons. The molecule has 1 atom stereocenters. The van der Waals surface area contributed by atoms with E-state index in [0.717, 1.165) is 56.6 Å². The third-order valence-electron chi connectivity index (χ3n) is 7.11. The van der Waals surface area contributed by atoms with E-state index in [-0.39, 0.29) is 17.7 Å². The van der Waals surface area contributed by atoms with Crippen LogP contribution in [0, 0.1) is 17.7 Å². The molecule has 2 aromatic carbocycles. The van der Waals surface area contributed by atoms with Gasteiger partial charge in [0, 0.05) is 19.6 Å². The maximum atomic E-state index is 13.2. The number of benzene rings is 2. The van der Waals surface area contributed by atoms with Crippen LogP contribution in [0.3, 0.4) is 0 Å². The monoisotopic (exact) mass is 451 g/mol. The van der Waals surface area contributed by atoms with Gasteiger partial charge in [0.05, 0.1) is 19.6 Å². The number of carbonyl (C=O) groups is 1. The lowest BCUT2D eigenvalue weighted by Crippen LogP contribution is -2.51. The number of halogens is 1. The normalized spacial score (nSPS) is 17.3. The van der Waals surface area contributed by atoms with E-state index >= 15 is 0 Å². The Bertz CT molecular complexity index is 1010. The van der Waals surface area contributed by atoms with Crippen LogP contribution in [0.5, 0.6) is 5.75 Å². The van der Waals surface area contributed by atoms with Crippen LogP contribution in [-0.2, 0) is 22.4 Å². The molecular weight excluding hydrogens is 417 g/mol. The third kappa shape index (κ3) is 5.64. The van der Waals surface area contributed by atoms with Crippen LogP contribution >= 0.6 is 0 Å². The summed E-state index contributed by atoms with van der Waals surface area (Å²) in [5.74, 6) is 1.05. The van der Waals surface area contributed by atoms with Gasteiger partial charge >= 0.3 is 5.97 Å². The van der Waals surface area contributed by atoms with Crippen molar-refractivity contribution in [2.24, 2.45) is 11.8 Å². The molecule has 1 saturated heterocycles. The van der Waals surface area contributed by atoms with Gasteiger partial charge in [0.25, 0.3) is 0 Å². The number of esters is 1. The fraction of sp³-hybridized carbons (Fsp3) is 0.464. The van der Waals surface area contributed by atoms with Crippen molar-refractivity contribution in [3.05, 3.63) is 70.5 Å². The second-order valence-corrected chi connectivity index (χ2v) is 9.38. The lowest BCUT2D eigenvalue weighted by atomic mass is 9.85. The van der Waals surface area contributed by atoms with Crippen LogP contribution < -0.4 is 4.74 Å². The molecular formula is C28H34FNO3. The highest BCUT2D eigenvalue weighted by molar-refractivity contribution is 5.74. The fourth-order valence-electron chi connectivity index (χ4n) is 4.87. The molecule has 0 amide bonds. The van der Waals surface area contributed by atoms with Crippen LogP contribution in [0.25, 0.3) is 5.57 Å². The average molecular weight is 452 g/mol. The summed E-state index contributed by atoms with van der Waals surface area (Å²) < 4.78 is 24.2. The lowest BCUT2D eigenvalue weighted by molar-refractivity contribution is -0.151. The Morgan fingerprint density at radius 3 is 2.61 bits per heavy atom. The smallest absolute Gasteiger partial charge is 0.311 e. The number of likely N-dealkylation sites (tertiary alicyclic amines) is 1. The Hall–Kier alpha value is -2.66. The molecule has 1 unspecified atom stereocenters. The molecule has 0 saturated carbocycles. The van der Waals surface area contributed by atoms with Crippen molar-refractivity contribution >= 4 is 11.5 Å². The van der Waals surface area contributed by atoms with Crippen LogP contribution in [0.2, 0.25) is 0 Å².